The quantitative estimate of drug-likeness (QED) is 0.384. The van der Waals surface area contributed by atoms with Gasteiger partial charge in [0.15, 0.2) is 0 Å². The summed E-state index contributed by atoms with van der Waals surface area (Å²) in [5.41, 5.74) is 1.12. The van der Waals surface area contributed by atoms with E-state index < -0.39 is 5.97 Å². The lowest BCUT2D eigenvalue weighted by Crippen LogP contribution is -2.37. The molecule has 1 aliphatic rings. The van der Waals surface area contributed by atoms with E-state index in [1.807, 2.05) is 24.3 Å². The Labute approximate surface area is 190 Å². The highest BCUT2D eigenvalue weighted by Gasteiger charge is 2.17. The van der Waals surface area contributed by atoms with E-state index in [0.29, 0.717) is 22.3 Å². The Balaban J connectivity index is 1.50. The van der Waals surface area contributed by atoms with Crippen molar-refractivity contribution in [3.63, 3.8) is 0 Å². The summed E-state index contributed by atoms with van der Waals surface area (Å²) < 4.78 is 4.73. The van der Waals surface area contributed by atoms with Gasteiger partial charge in [0.25, 0.3) is 0 Å². The van der Waals surface area contributed by atoms with Crippen LogP contribution in [0.5, 0.6) is 0 Å². The van der Waals surface area contributed by atoms with Crippen LogP contribution in [0.25, 0.3) is 0 Å². The number of anilines is 2. The van der Waals surface area contributed by atoms with E-state index in [1.54, 1.807) is 11.4 Å². The summed E-state index contributed by atoms with van der Waals surface area (Å²) >= 11 is 2.54. The standard InChI is InChI=1S/C22H27N3O4S2/c1-29-22(28)21-17(11-12-30-21)25-20(27)14-31-18-10-6-5-9-16(18)24-19(26)13-23-15-7-3-2-4-8-15/h5-6,9-12,15,23H,2-4,7-8,13-14H2,1H3,(H,24,26)(H,25,27). The van der Waals surface area contributed by atoms with Crippen molar-refractivity contribution in [3.8, 4) is 0 Å². The molecule has 31 heavy (non-hydrogen) atoms. The number of carbonyl (C=O) groups excluding carboxylic acids is 3. The Morgan fingerprint density at radius 2 is 1.77 bits per heavy atom. The third-order valence-corrected chi connectivity index (χ3v) is 6.95. The lowest BCUT2D eigenvalue weighted by Gasteiger charge is -2.22. The lowest BCUT2D eigenvalue weighted by atomic mass is 9.95. The summed E-state index contributed by atoms with van der Waals surface area (Å²) in [6, 6.07) is 9.50. The van der Waals surface area contributed by atoms with Gasteiger partial charge < -0.3 is 20.7 Å². The molecule has 166 valence electrons. The van der Waals surface area contributed by atoms with Gasteiger partial charge in [0.05, 0.1) is 30.8 Å². The van der Waals surface area contributed by atoms with E-state index in [9.17, 15) is 14.4 Å². The summed E-state index contributed by atoms with van der Waals surface area (Å²) in [6.45, 7) is 0.276. The van der Waals surface area contributed by atoms with Crippen LogP contribution in [0.1, 0.15) is 41.8 Å². The first-order valence-electron chi connectivity index (χ1n) is 10.3. The zero-order valence-electron chi connectivity index (χ0n) is 17.4. The minimum atomic E-state index is -0.479. The van der Waals surface area contributed by atoms with Gasteiger partial charge in [-0.25, -0.2) is 4.79 Å². The van der Waals surface area contributed by atoms with Crippen LogP contribution in [0.4, 0.5) is 11.4 Å². The molecule has 0 saturated heterocycles. The Morgan fingerprint density at radius 1 is 1.03 bits per heavy atom. The van der Waals surface area contributed by atoms with Gasteiger partial charge in [-0.05, 0) is 36.4 Å². The SMILES string of the molecule is COC(=O)c1sccc1NC(=O)CSc1ccccc1NC(=O)CNC1CCCCC1. The molecule has 1 heterocycles. The van der Waals surface area contributed by atoms with Gasteiger partial charge >= 0.3 is 5.97 Å². The molecule has 3 rings (SSSR count). The van der Waals surface area contributed by atoms with E-state index in [4.69, 9.17) is 4.74 Å². The van der Waals surface area contributed by atoms with E-state index >= 15 is 0 Å². The highest BCUT2D eigenvalue weighted by atomic mass is 32.2. The Bertz CT molecular complexity index is 910. The molecule has 0 unspecified atom stereocenters. The first-order valence-corrected chi connectivity index (χ1v) is 12.1. The largest absolute Gasteiger partial charge is 0.465 e. The molecule has 0 aliphatic heterocycles. The molecule has 0 radical (unpaired) electrons. The minimum Gasteiger partial charge on any atom is -0.465 e. The summed E-state index contributed by atoms with van der Waals surface area (Å²) in [4.78, 5) is 37.7. The number of benzene rings is 1. The van der Waals surface area contributed by atoms with E-state index in [-0.39, 0.29) is 24.1 Å². The van der Waals surface area contributed by atoms with Crippen molar-refractivity contribution < 1.29 is 19.1 Å². The predicted molar refractivity (Wildman–Crippen MR) is 125 cm³/mol. The van der Waals surface area contributed by atoms with Crippen LogP contribution in [0.2, 0.25) is 0 Å². The summed E-state index contributed by atoms with van der Waals surface area (Å²) in [7, 11) is 1.30. The van der Waals surface area contributed by atoms with Gasteiger partial charge in [-0.1, -0.05) is 31.4 Å². The summed E-state index contributed by atoms with van der Waals surface area (Å²) in [6.07, 6.45) is 5.95. The fourth-order valence-corrected chi connectivity index (χ4v) is 5.00. The van der Waals surface area contributed by atoms with Crippen LogP contribution >= 0.6 is 23.1 Å². The number of esters is 1. The number of ether oxygens (including phenoxy) is 1. The molecular formula is C22H27N3O4S2. The van der Waals surface area contributed by atoms with Crippen molar-refractivity contribution in [2.24, 2.45) is 0 Å². The topological polar surface area (TPSA) is 96.5 Å². The zero-order valence-corrected chi connectivity index (χ0v) is 19.1. The average Bonchev–Trinajstić information content (AvgIpc) is 3.25. The number of nitrogens with one attached hydrogen (secondary N) is 3. The molecule has 0 atom stereocenters. The molecule has 1 aromatic heterocycles. The third kappa shape index (κ3) is 7.09. The zero-order chi connectivity index (χ0) is 22.1. The number of amides is 2. The van der Waals surface area contributed by atoms with Gasteiger partial charge in [-0.2, -0.15) is 0 Å². The average molecular weight is 462 g/mol. The van der Waals surface area contributed by atoms with E-state index in [0.717, 1.165) is 17.7 Å². The Morgan fingerprint density at radius 3 is 2.55 bits per heavy atom. The number of para-hydroxylation sites is 1. The highest BCUT2D eigenvalue weighted by molar-refractivity contribution is 8.00. The second-order valence-corrected chi connectivity index (χ2v) is 9.19. The molecule has 2 aromatic rings. The van der Waals surface area contributed by atoms with Crippen molar-refractivity contribution in [2.45, 2.75) is 43.0 Å². The molecule has 1 aliphatic carbocycles. The Hall–Kier alpha value is -2.36. The fraction of sp³-hybridized carbons (Fsp3) is 0.409. The van der Waals surface area contributed by atoms with Gasteiger partial charge in [0, 0.05) is 10.9 Å². The molecule has 2 amide bonds. The number of hydrogen-bond donors (Lipinski definition) is 3. The normalized spacial score (nSPS) is 14.1. The van der Waals surface area contributed by atoms with Crippen LogP contribution in [0.3, 0.4) is 0 Å². The number of methoxy groups -OCH3 is 1. The van der Waals surface area contributed by atoms with Crippen LogP contribution in [0.15, 0.2) is 40.6 Å². The monoisotopic (exact) mass is 461 g/mol. The molecule has 0 spiro atoms. The maximum atomic E-state index is 12.4. The second-order valence-electron chi connectivity index (χ2n) is 7.25. The van der Waals surface area contributed by atoms with E-state index in [1.165, 1.54) is 49.5 Å². The van der Waals surface area contributed by atoms with Crippen molar-refractivity contribution in [3.05, 3.63) is 40.6 Å². The Kier molecular flexibility index (Phi) is 8.93. The summed E-state index contributed by atoms with van der Waals surface area (Å²) in [5, 5.41) is 10.7. The number of hydrogen-bond acceptors (Lipinski definition) is 7. The molecular weight excluding hydrogens is 434 g/mol. The van der Waals surface area contributed by atoms with Crippen molar-refractivity contribution >= 4 is 52.3 Å². The fourth-order valence-electron chi connectivity index (χ4n) is 3.42. The van der Waals surface area contributed by atoms with Gasteiger partial charge in [-0.15, -0.1) is 23.1 Å². The van der Waals surface area contributed by atoms with Crippen molar-refractivity contribution in [2.75, 3.05) is 30.0 Å². The van der Waals surface area contributed by atoms with Crippen LogP contribution in [-0.4, -0.2) is 43.2 Å². The predicted octanol–water partition coefficient (Wildman–Crippen LogP) is 4.13. The van der Waals surface area contributed by atoms with Crippen molar-refractivity contribution in [1.29, 1.82) is 0 Å². The van der Waals surface area contributed by atoms with Crippen molar-refractivity contribution in [1.82, 2.24) is 5.32 Å². The highest BCUT2D eigenvalue weighted by Crippen LogP contribution is 2.28. The maximum absolute atomic E-state index is 12.4. The summed E-state index contributed by atoms with van der Waals surface area (Å²) in [5.74, 6) is -0.672. The first-order chi connectivity index (χ1) is 15.1. The number of rotatable bonds is 9. The molecule has 1 aromatic carbocycles. The second kappa shape index (κ2) is 11.9. The molecule has 1 fully saturated rings. The lowest BCUT2D eigenvalue weighted by molar-refractivity contribution is -0.115. The smallest absolute Gasteiger partial charge is 0.350 e. The van der Waals surface area contributed by atoms with Crippen LogP contribution in [-0.2, 0) is 14.3 Å². The number of carbonyl (C=O) groups is 3. The third-order valence-electron chi connectivity index (χ3n) is 4.99. The molecule has 0 bridgehead atoms. The molecule has 9 heteroatoms. The molecule has 7 nitrogen and oxygen atoms in total. The molecule has 1 saturated carbocycles. The van der Waals surface area contributed by atoms with E-state index in [2.05, 4.69) is 16.0 Å². The first kappa shape index (κ1) is 23.3. The van der Waals surface area contributed by atoms with Gasteiger partial charge in [0.2, 0.25) is 11.8 Å². The number of thioether (sulfide) groups is 1. The van der Waals surface area contributed by atoms with Crippen LogP contribution < -0.4 is 16.0 Å². The number of thiophene rings is 1. The van der Waals surface area contributed by atoms with Gasteiger partial charge in [0.1, 0.15) is 4.88 Å². The molecule has 3 N–H and O–H groups in total. The minimum absolute atomic E-state index is 0.0935. The maximum Gasteiger partial charge on any atom is 0.350 e. The van der Waals surface area contributed by atoms with Crippen LogP contribution in [0, 0.1) is 0 Å². The van der Waals surface area contributed by atoms with Gasteiger partial charge in [-0.3, -0.25) is 9.59 Å².